The number of hydrogen-bond donors (Lipinski definition) is 1. The SMILES string of the molecule is C[C@@H](Cc1ccncc1)Nc1nccc(-c2cnn(-c3ccccc3)c2)n1. The van der Waals surface area contributed by atoms with Gasteiger partial charge >= 0.3 is 0 Å². The fraction of sp³-hybridized carbons (Fsp3) is 0.143. The van der Waals surface area contributed by atoms with Gasteiger partial charge in [-0.05, 0) is 49.2 Å². The Morgan fingerprint density at radius 1 is 1.00 bits per heavy atom. The molecule has 0 aliphatic rings. The summed E-state index contributed by atoms with van der Waals surface area (Å²) >= 11 is 0. The van der Waals surface area contributed by atoms with Crippen LogP contribution in [0.3, 0.4) is 0 Å². The van der Waals surface area contributed by atoms with Crippen LogP contribution in [0.15, 0.2) is 79.5 Å². The molecule has 0 unspecified atom stereocenters. The summed E-state index contributed by atoms with van der Waals surface area (Å²) in [4.78, 5) is 13.0. The van der Waals surface area contributed by atoms with Crippen LogP contribution < -0.4 is 5.32 Å². The molecule has 3 aromatic heterocycles. The smallest absolute Gasteiger partial charge is 0.223 e. The molecule has 6 heteroatoms. The molecule has 0 spiro atoms. The van der Waals surface area contributed by atoms with Crippen molar-refractivity contribution in [2.24, 2.45) is 0 Å². The Labute approximate surface area is 158 Å². The highest BCUT2D eigenvalue weighted by Gasteiger charge is 2.09. The molecule has 0 saturated carbocycles. The summed E-state index contributed by atoms with van der Waals surface area (Å²) in [5.41, 5.74) is 4.03. The summed E-state index contributed by atoms with van der Waals surface area (Å²) in [7, 11) is 0. The maximum absolute atomic E-state index is 4.64. The quantitative estimate of drug-likeness (QED) is 0.569. The molecule has 1 N–H and O–H groups in total. The fourth-order valence-electron chi connectivity index (χ4n) is 2.91. The van der Waals surface area contributed by atoms with E-state index in [1.165, 1.54) is 5.56 Å². The minimum absolute atomic E-state index is 0.203. The minimum atomic E-state index is 0.203. The Morgan fingerprint density at radius 2 is 1.81 bits per heavy atom. The number of aromatic nitrogens is 5. The van der Waals surface area contributed by atoms with E-state index in [0.717, 1.165) is 23.4 Å². The maximum Gasteiger partial charge on any atom is 0.223 e. The first-order chi connectivity index (χ1) is 13.3. The van der Waals surface area contributed by atoms with E-state index in [9.17, 15) is 0 Å². The van der Waals surface area contributed by atoms with Gasteiger partial charge in [-0.15, -0.1) is 0 Å². The largest absolute Gasteiger partial charge is 0.351 e. The number of rotatable bonds is 6. The Bertz CT molecular complexity index is 997. The van der Waals surface area contributed by atoms with E-state index in [4.69, 9.17) is 0 Å². The van der Waals surface area contributed by atoms with Gasteiger partial charge < -0.3 is 5.32 Å². The second kappa shape index (κ2) is 7.78. The van der Waals surface area contributed by atoms with Crippen molar-refractivity contribution < 1.29 is 0 Å². The van der Waals surface area contributed by atoms with E-state index in [1.54, 1.807) is 6.20 Å². The molecular weight excluding hydrogens is 336 g/mol. The lowest BCUT2D eigenvalue weighted by atomic mass is 10.1. The normalized spacial score (nSPS) is 11.9. The number of nitrogens with one attached hydrogen (secondary N) is 1. The Kier molecular flexibility index (Phi) is 4.87. The first-order valence-corrected chi connectivity index (χ1v) is 8.87. The Balaban J connectivity index is 1.49. The fourth-order valence-corrected chi connectivity index (χ4v) is 2.91. The zero-order valence-corrected chi connectivity index (χ0v) is 15.0. The van der Waals surface area contributed by atoms with Gasteiger partial charge in [0.2, 0.25) is 5.95 Å². The van der Waals surface area contributed by atoms with Crippen molar-refractivity contribution in [2.75, 3.05) is 5.32 Å². The maximum atomic E-state index is 4.64. The number of para-hydroxylation sites is 1. The van der Waals surface area contributed by atoms with Crippen molar-refractivity contribution in [3.8, 4) is 16.9 Å². The average Bonchev–Trinajstić information content (AvgIpc) is 3.20. The molecule has 134 valence electrons. The van der Waals surface area contributed by atoms with Crippen molar-refractivity contribution in [3.63, 3.8) is 0 Å². The van der Waals surface area contributed by atoms with Crippen LogP contribution >= 0.6 is 0 Å². The molecule has 4 rings (SSSR count). The van der Waals surface area contributed by atoms with Gasteiger partial charge in [0, 0.05) is 36.4 Å². The van der Waals surface area contributed by atoms with Crippen LogP contribution in [-0.4, -0.2) is 30.8 Å². The molecule has 0 aliphatic heterocycles. The van der Waals surface area contributed by atoms with Crippen LogP contribution in [0.4, 0.5) is 5.95 Å². The third-order valence-electron chi connectivity index (χ3n) is 4.22. The van der Waals surface area contributed by atoms with Crippen molar-refractivity contribution in [3.05, 3.63) is 85.1 Å². The molecule has 6 nitrogen and oxygen atoms in total. The second-order valence-corrected chi connectivity index (χ2v) is 6.38. The average molecular weight is 356 g/mol. The van der Waals surface area contributed by atoms with E-state index in [-0.39, 0.29) is 6.04 Å². The monoisotopic (exact) mass is 356 g/mol. The van der Waals surface area contributed by atoms with Gasteiger partial charge in [0.25, 0.3) is 0 Å². The standard InChI is InChI=1S/C21H20N6/c1-16(13-17-7-10-22-11-8-17)25-21-23-12-9-20(26-21)18-14-24-27(15-18)19-5-3-2-4-6-19/h2-12,14-16H,13H2,1H3,(H,23,25,26)/t16-/m0/s1. The zero-order chi connectivity index (χ0) is 18.5. The molecule has 3 heterocycles. The summed E-state index contributed by atoms with van der Waals surface area (Å²) in [6.07, 6.45) is 10.1. The molecule has 27 heavy (non-hydrogen) atoms. The van der Waals surface area contributed by atoms with Gasteiger partial charge in [0.1, 0.15) is 0 Å². The first kappa shape index (κ1) is 16.9. The Morgan fingerprint density at radius 3 is 2.63 bits per heavy atom. The number of anilines is 1. The van der Waals surface area contributed by atoms with Crippen molar-refractivity contribution in [1.29, 1.82) is 0 Å². The number of pyridine rings is 1. The van der Waals surface area contributed by atoms with Gasteiger partial charge in [-0.2, -0.15) is 5.10 Å². The molecule has 0 bridgehead atoms. The van der Waals surface area contributed by atoms with E-state index in [0.29, 0.717) is 5.95 Å². The Hall–Kier alpha value is -3.54. The van der Waals surface area contributed by atoms with Gasteiger partial charge in [-0.3, -0.25) is 4.98 Å². The highest BCUT2D eigenvalue weighted by atomic mass is 15.3. The van der Waals surface area contributed by atoms with Crippen molar-refractivity contribution in [1.82, 2.24) is 24.7 Å². The van der Waals surface area contributed by atoms with Crippen LogP contribution in [0.5, 0.6) is 0 Å². The van der Waals surface area contributed by atoms with Crippen molar-refractivity contribution >= 4 is 5.95 Å². The molecule has 0 fully saturated rings. The molecule has 0 amide bonds. The third-order valence-corrected chi connectivity index (χ3v) is 4.22. The lowest BCUT2D eigenvalue weighted by Gasteiger charge is -2.14. The molecule has 0 radical (unpaired) electrons. The van der Waals surface area contributed by atoms with Gasteiger partial charge in [0.05, 0.1) is 17.6 Å². The predicted molar refractivity (Wildman–Crippen MR) is 106 cm³/mol. The van der Waals surface area contributed by atoms with Gasteiger partial charge in [-0.25, -0.2) is 14.6 Å². The van der Waals surface area contributed by atoms with Crippen LogP contribution in [0.2, 0.25) is 0 Å². The molecule has 4 aromatic rings. The first-order valence-electron chi connectivity index (χ1n) is 8.87. The summed E-state index contributed by atoms with van der Waals surface area (Å²) in [5, 5.41) is 7.81. The van der Waals surface area contributed by atoms with Crippen LogP contribution in [-0.2, 0) is 6.42 Å². The highest BCUT2D eigenvalue weighted by molar-refractivity contribution is 5.58. The lowest BCUT2D eigenvalue weighted by molar-refractivity contribution is 0.776. The number of benzene rings is 1. The molecule has 1 aromatic carbocycles. The van der Waals surface area contributed by atoms with E-state index in [1.807, 2.05) is 78.0 Å². The molecule has 0 saturated heterocycles. The molecular formula is C21H20N6. The van der Waals surface area contributed by atoms with Crippen LogP contribution in [0, 0.1) is 0 Å². The number of hydrogen-bond acceptors (Lipinski definition) is 5. The summed E-state index contributed by atoms with van der Waals surface area (Å²) in [6, 6.07) is 16.2. The lowest BCUT2D eigenvalue weighted by Crippen LogP contribution is -2.19. The summed E-state index contributed by atoms with van der Waals surface area (Å²) in [6.45, 7) is 2.11. The number of nitrogens with zero attached hydrogens (tertiary/aromatic N) is 5. The highest BCUT2D eigenvalue weighted by Crippen LogP contribution is 2.19. The summed E-state index contributed by atoms with van der Waals surface area (Å²) < 4.78 is 1.84. The third kappa shape index (κ3) is 4.17. The minimum Gasteiger partial charge on any atom is -0.351 e. The van der Waals surface area contributed by atoms with Crippen molar-refractivity contribution in [2.45, 2.75) is 19.4 Å². The van der Waals surface area contributed by atoms with Gasteiger partial charge in [-0.1, -0.05) is 18.2 Å². The van der Waals surface area contributed by atoms with E-state index < -0.39 is 0 Å². The van der Waals surface area contributed by atoms with Gasteiger partial charge in [0.15, 0.2) is 0 Å². The van der Waals surface area contributed by atoms with E-state index >= 15 is 0 Å². The van der Waals surface area contributed by atoms with Crippen LogP contribution in [0.25, 0.3) is 16.9 Å². The summed E-state index contributed by atoms with van der Waals surface area (Å²) in [5.74, 6) is 0.613. The molecule has 1 atom stereocenters. The van der Waals surface area contributed by atoms with E-state index in [2.05, 4.69) is 32.3 Å². The zero-order valence-electron chi connectivity index (χ0n) is 15.0. The second-order valence-electron chi connectivity index (χ2n) is 6.38. The topological polar surface area (TPSA) is 68.5 Å². The molecule has 0 aliphatic carbocycles. The van der Waals surface area contributed by atoms with Crippen LogP contribution in [0.1, 0.15) is 12.5 Å². The predicted octanol–water partition coefficient (Wildman–Crippen LogP) is 3.77.